The van der Waals surface area contributed by atoms with Crippen LogP contribution in [-0.2, 0) is 14.3 Å². The monoisotopic (exact) mass is 382 g/mol. The van der Waals surface area contributed by atoms with E-state index in [1.54, 1.807) is 12.1 Å². The van der Waals surface area contributed by atoms with Gasteiger partial charge in [0.05, 0.1) is 5.75 Å². The van der Waals surface area contributed by atoms with Crippen LogP contribution in [0.25, 0.3) is 0 Å². The Kier molecular flexibility index (Phi) is 7.58. The molecule has 2 rings (SSSR count). The number of amides is 3. The van der Waals surface area contributed by atoms with E-state index in [-0.39, 0.29) is 11.7 Å². The number of hydrogen-bond acceptors (Lipinski definition) is 7. The summed E-state index contributed by atoms with van der Waals surface area (Å²) in [5.41, 5.74) is 0. The van der Waals surface area contributed by atoms with Crippen molar-refractivity contribution >= 4 is 29.7 Å². The minimum absolute atomic E-state index is 0.0342. The third-order valence-corrected chi connectivity index (χ3v) is 4.13. The maximum absolute atomic E-state index is 11.7. The Morgan fingerprint density at radius 3 is 2.65 bits per heavy atom. The molecule has 0 fully saturated rings. The Morgan fingerprint density at radius 1 is 1.19 bits per heavy atom. The Bertz CT molecular complexity index is 665. The van der Waals surface area contributed by atoms with E-state index >= 15 is 0 Å². The van der Waals surface area contributed by atoms with Gasteiger partial charge in [0, 0.05) is 11.4 Å². The van der Waals surface area contributed by atoms with Gasteiger partial charge in [-0.25, -0.2) is 4.79 Å². The zero-order valence-electron chi connectivity index (χ0n) is 14.7. The predicted molar refractivity (Wildman–Crippen MR) is 95.5 cm³/mol. The summed E-state index contributed by atoms with van der Waals surface area (Å²) in [6.07, 6.45) is 0. The lowest BCUT2D eigenvalue weighted by molar-refractivity contribution is -0.145. The number of fused-ring (bicyclic) bond motifs is 1. The molecule has 8 nitrogen and oxygen atoms in total. The van der Waals surface area contributed by atoms with Crippen LogP contribution in [0.4, 0.5) is 4.79 Å². The van der Waals surface area contributed by atoms with Crippen molar-refractivity contribution in [1.29, 1.82) is 0 Å². The largest absolute Gasteiger partial charge is 0.486 e. The standard InChI is InChI=1S/C17H22N2O6S/c1-11(2)8-18-17(22)19-15(20)9-25-16(21)10-26-12-3-4-13-14(7-12)24-6-5-23-13/h3-4,7,11H,5-6,8-10H2,1-2H3,(H2,18,19,20,22). The van der Waals surface area contributed by atoms with Crippen LogP contribution in [0.3, 0.4) is 0 Å². The van der Waals surface area contributed by atoms with Crippen LogP contribution in [0.5, 0.6) is 11.5 Å². The molecule has 0 radical (unpaired) electrons. The van der Waals surface area contributed by atoms with Crippen molar-refractivity contribution in [2.75, 3.05) is 32.1 Å². The first-order chi connectivity index (χ1) is 12.4. The SMILES string of the molecule is CC(C)CNC(=O)NC(=O)COC(=O)CSc1ccc2c(c1)OCCO2. The summed E-state index contributed by atoms with van der Waals surface area (Å²) in [6, 6.07) is 4.78. The molecule has 1 aromatic rings. The van der Waals surface area contributed by atoms with Gasteiger partial charge in [0.2, 0.25) is 0 Å². The minimum Gasteiger partial charge on any atom is -0.486 e. The van der Waals surface area contributed by atoms with Crippen LogP contribution in [-0.4, -0.2) is 50.0 Å². The molecule has 142 valence electrons. The number of carbonyl (C=O) groups is 3. The van der Waals surface area contributed by atoms with Crippen molar-refractivity contribution < 1.29 is 28.6 Å². The molecular formula is C17H22N2O6S. The average molecular weight is 382 g/mol. The van der Waals surface area contributed by atoms with Crippen molar-refractivity contribution in [2.45, 2.75) is 18.7 Å². The number of carbonyl (C=O) groups excluding carboxylic acids is 3. The molecule has 1 aliphatic rings. The number of urea groups is 1. The molecule has 0 spiro atoms. The molecule has 0 unspecified atom stereocenters. The van der Waals surface area contributed by atoms with E-state index in [1.165, 1.54) is 11.8 Å². The van der Waals surface area contributed by atoms with Crippen molar-refractivity contribution in [2.24, 2.45) is 5.92 Å². The smallest absolute Gasteiger partial charge is 0.321 e. The van der Waals surface area contributed by atoms with Crippen molar-refractivity contribution in [1.82, 2.24) is 10.6 Å². The summed E-state index contributed by atoms with van der Waals surface area (Å²) in [5.74, 6) is 0.391. The van der Waals surface area contributed by atoms with Crippen LogP contribution in [0.1, 0.15) is 13.8 Å². The summed E-state index contributed by atoms with van der Waals surface area (Å²) < 4.78 is 15.8. The molecule has 0 aromatic heterocycles. The molecular weight excluding hydrogens is 360 g/mol. The molecule has 1 aliphatic heterocycles. The molecule has 0 saturated carbocycles. The van der Waals surface area contributed by atoms with Gasteiger partial charge < -0.3 is 19.5 Å². The van der Waals surface area contributed by atoms with E-state index in [0.29, 0.717) is 31.3 Å². The molecule has 0 atom stereocenters. The second-order valence-electron chi connectivity index (χ2n) is 5.91. The zero-order chi connectivity index (χ0) is 18.9. The van der Waals surface area contributed by atoms with E-state index in [9.17, 15) is 14.4 Å². The van der Waals surface area contributed by atoms with E-state index in [4.69, 9.17) is 14.2 Å². The summed E-state index contributed by atoms with van der Waals surface area (Å²) >= 11 is 1.26. The number of rotatable bonds is 7. The summed E-state index contributed by atoms with van der Waals surface area (Å²) in [5, 5.41) is 4.63. The highest BCUT2D eigenvalue weighted by Crippen LogP contribution is 2.34. The normalized spacial score (nSPS) is 12.4. The van der Waals surface area contributed by atoms with E-state index < -0.39 is 24.5 Å². The number of esters is 1. The Balaban J connectivity index is 1.67. The number of benzene rings is 1. The van der Waals surface area contributed by atoms with Gasteiger partial charge in [-0.2, -0.15) is 0 Å². The van der Waals surface area contributed by atoms with Gasteiger partial charge >= 0.3 is 12.0 Å². The van der Waals surface area contributed by atoms with Crippen molar-refractivity contribution in [3.05, 3.63) is 18.2 Å². The second kappa shape index (κ2) is 9.91. The minimum atomic E-state index is -0.677. The topological polar surface area (TPSA) is 103 Å². The number of hydrogen-bond donors (Lipinski definition) is 2. The summed E-state index contributed by atoms with van der Waals surface area (Å²) in [7, 11) is 0. The number of ether oxygens (including phenoxy) is 3. The van der Waals surface area contributed by atoms with E-state index in [2.05, 4.69) is 10.6 Å². The van der Waals surface area contributed by atoms with Crippen molar-refractivity contribution in [3.8, 4) is 11.5 Å². The van der Waals surface area contributed by atoms with Gasteiger partial charge in [-0.15, -0.1) is 11.8 Å². The Labute approximate surface area is 155 Å². The zero-order valence-corrected chi connectivity index (χ0v) is 15.5. The van der Waals surface area contributed by atoms with Gasteiger partial charge in [0.1, 0.15) is 13.2 Å². The maximum atomic E-state index is 11.7. The van der Waals surface area contributed by atoms with Gasteiger partial charge in [-0.3, -0.25) is 14.9 Å². The van der Waals surface area contributed by atoms with Crippen LogP contribution in [0.2, 0.25) is 0 Å². The van der Waals surface area contributed by atoms with Gasteiger partial charge in [0.15, 0.2) is 18.1 Å². The lowest BCUT2D eigenvalue weighted by atomic mass is 10.2. The lowest BCUT2D eigenvalue weighted by Crippen LogP contribution is -2.42. The van der Waals surface area contributed by atoms with Gasteiger partial charge in [0.25, 0.3) is 5.91 Å². The fourth-order valence-corrected chi connectivity index (χ4v) is 2.67. The fourth-order valence-electron chi connectivity index (χ4n) is 1.95. The number of nitrogens with one attached hydrogen (secondary N) is 2. The molecule has 26 heavy (non-hydrogen) atoms. The first-order valence-corrected chi connectivity index (χ1v) is 9.18. The highest BCUT2D eigenvalue weighted by molar-refractivity contribution is 8.00. The Hall–Kier alpha value is -2.42. The maximum Gasteiger partial charge on any atom is 0.321 e. The number of thioether (sulfide) groups is 1. The quantitative estimate of drug-likeness (QED) is 0.545. The molecule has 0 saturated heterocycles. The molecule has 1 aromatic carbocycles. The number of imide groups is 1. The lowest BCUT2D eigenvalue weighted by Gasteiger charge is -2.18. The third-order valence-electron chi connectivity index (χ3n) is 3.16. The third kappa shape index (κ3) is 6.83. The Morgan fingerprint density at radius 2 is 1.92 bits per heavy atom. The molecule has 1 heterocycles. The van der Waals surface area contributed by atoms with E-state index in [1.807, 2.05) is 19.9 Å². The first-order valence-electron chi connectivity index (χ1n) is 8.20. The summed E-state index contributed by atoms with van der Waals surface area (Å²) in [4.78, 5) is 35.5. The summed E-state index contributed by atoms with van der Waals surface area (Å²) in [6.45, 7) is 4.82. The molecule has 0 bridgehead atoms. The van der Waals surface area contributed by atoms with Crippen LogP contribution in [0, 0.1) is 5.92 Å². The molecule has 3 amide bonds. The molecule has 9 heteroatoms. The van der Waals surface area contributed by atoms with Crippen molar-refractivity contribution in [3.63, 3.8) is 0 Å². The second-order valence-corrected chi connectivity index (χ2v) is 6.96. The van der Waals surface area contributed by atoms with Crippen LogP contribution in [0.15, 0.2) is 23.1 Å². The predicted octanol–water partition coefficient (Wildman–Crippen LogP) is 1.57. The average Bonchev–Trinajstić information content (AvgIpc) is 2.62. The highest BCUT2D eigenvalue weighted by atomic mass is 32.2. The van der Waals surface area contributed by atoms with Crippen LogP contribution < -0.4 is 20.1 Å². The van der Waals surface area contributed by atoms with Gasteiger partial charge in [-0.1, -0.05) is 13.8 Å². The fraction of sp³-hybridized carbons (Fsp3) is 0.471. The molecule has 2 N–H and O–H groups in total. The first kappa shape index (κ1) is 19.9. The van der Waals surface area contributed by atoms with Crippen LogP contribution >= 0.6 is 11.8 Å². The molecule has 0 aliphatic carbocycles. The van der Waals surface area contributed by atoms with Gasteiger partial charge in [-0.05, 0) is 24.1 Å². The highest BCUT2D eigenvalue weighted by Gasteiger charge is 2.14. The van der Waals surface area contributed by atoms with E-state index in [0.717, 1.165) is 4.90 Å².